The van der Waals surface area contributed by atoms with Crippen molar-refractivity contribution in [3.63, 3.8) is 0 Å². The summed E-state index contributed by atoms with van der Waals surface area (Å²) in [6, 6.07) is 7.25. The lowest BCUT2D eigenvalue weighted by atomic mass is 10.1. The monoisotopic (exact) mass is 168 g/mol. The third-order valence-corrected chi connectivity index (χ3v) is 1.53. The van der Waals surface area contributed by atoms with E-state index < -0.39 is 0 Å². The minimum Gasteiger partial charge on any atom is -0.314 e. The van der Waals surface area contributed by atoms with Gasteiger partial charge < -0.3 is 4.18 Å². The topological polar surface area (TPSA) is 26.3 Å². The lowest BCUT2D eigenvalue weighted by molar-refractivity contribution is 0.112. The van der Waals surface area contributed by atoms with Gasteiger partial charge in [-0.1, -0.05) is 24.3 Å². The molecule has 0 N–H and O–H groups in total. The maximum Gasteiger partial charge on any atom is 0.150 e. The standard InChI is InChI=1S/C8H8O2S/c9-5-7-3-1-2-4-8(7)6-10-11/h1-5,11H,6H2. The third kappa shape index (κ3) is 2.06. The van der Waals surface area contributed by atoms with Crippen LogP contribution in [0, 0.1) is 0 Å². The first-order valence-electron chi connectivity index (χ1n) is 3.18. The number of thiol groups is 1. The molecular formula is C8H8O2S. The molecule has 0 spiro atoms. The first-order valence-corrected chi connectivity index (χ1v) is 3.54. The lowest BCUT2D eigenvalue weighted by Crippen LogP contribution is -1.91. The van der Waals surface area contributed by atoms with Crippen LogP contribution in [-0.4, -0.2) is 6.29 Å². The number of carbonyl (C=O) groups excluding carboxylic acids is 1. The molecule has 11 heavy (non-hydrogen) atoms. The highest BCUT2D eigenvalue weighted by molar-refractivity contribution is 7.75. The number of hydrogen-bond acceptors (Lipinski definition) is 3. The van der Waals surface area contributed by atoms with Crippen LogP contribution in [0.15, 0.2) is 24.3 Å². The zero-order valence-electron chi connectivity index (χ0n) is 5.86. The summed E-state index contributed by atoms with van der Waals surface area (Å²) in [6.45, 7) is 0.359. The van der Waals surface area contributed by atoms with Crippen molar-refractivity contribution < 1.29 is 8.98 Å². The molecule has 3 heteroatoms. The number of carbonyl (C=O) groups is 1. The largest absolute Gasteiger partial charge is 0.314 e. The summed E-state index contributed by atoms with van der Waals surface area (Å²) in [4.78, 5) is 10.4. The van der Waals surface area contributed by atoms with E-state index in [2.05, 4.69) is 17.1 Å². The van der Waals surface area contributed by atoms with Gasteiger partial charge >= 0.3 is 0 Å². The first-order chi connectivity index (χ1) is 5.38. The molecule has 2 nitrogen and oxygen atoms in total. The van der Waals surface area contributed by atoms with Gasteiger partial charge in [0.25, 0.3) is 0 Å². The van der Waals surface area contributed by atoms with Crippen molar-refractivity contribution in [2.75, 3.05) is 0 Å². The van der Waals surface area contributed by atoms with Crippen molar-refractivity contribution in [1.29, 1.82) is 0 Å². The molecule has 0 aliphatic heterocycles. The highest BCUT2D eigenvalue weighted by Crippen LogP contribution is 2.07. The molecule has 0 saturated carbocycles. The normalized spacial score (nSPS) is 9.55. The number of benzene rings is 1. The minimum atomic E-state index is 0.359. The molecule has 1 aromatic rings. The zero-order chi connectivity index (χ0) is 8.10. The second-order valence-electron chi connectivity index (χ2n) is 2.09. The van der Waals surface area contributed by atoms with E-state index in [1.165, 1.54) is 0 Å². The van der Waals surface area contributed by atoms with Gasteiger partial charge in [-0.2, -0.15) is 0 Å². The van der Waals surface area contributed by atoms with Crippen molar-refractivity contribution in [2.24, 2.45) is 0 Å². The fraction of sp³-hybridized carbons (Fsp3) is 0.125. The van der Waals surface area contributed by atoms with Crippen LogP contribution < -0.4 is 0 Å². The molecule has 1 aromatic carbocycles. The van der Waals surface area contributed by atoms with Gasteiger partial charge in [-0.05, 0) is 18.5 Å². The summed E-state index contributed by atoms with van der Waals surface area (Å²) in [5.41, 5.74) is 1.51. The highest BCUT2D eigenvalue weighted by Gasteiger charge is 1.97. The Morgan fingerprint density at radius 1 is 1.45 bits per heavy atom. The van der Waals surface area contributed by atoms with Crippen LogP contribution >= 0.6 is 12.9 Å². The molecule has 0 amide bonds. The Morgan fingerprint density at radius 3 is 2.82 bits per heavy atom. The Kier molecular flexibility index (Phi) is 3.14. The molecular weight excluding hydrogens is 160 g/mol. The SMILES string of the molecule is O=Cc1ccccc1COS. The van der Waals surface area contributed by atoms with E-state index in [1.54, 1.807) is 6.07 Å². The van der Waals surface area contributed by atoms with Crippen LogP contribution in [0.5, 0.6) is 0 Å². The Morgan fingerprint density at radius 2 is 2.18 bits per heavy atom. The second-order valence-corrected chi connectivity index (χ2v) is 2.35. The van der Waals surface area contributed by atoms with E-state index in [0.29, 0.717) is 12.2 Å². The predicted molar refractivity (Wildman–Crippen MR) is 45.6 cm³/mol. The molecule has 1 rings (SSSR count). The van der Waals surface area contributed by atoms with Crippen LogP contribution in [0.1, 0.15) is 15.9 Å². The minimum absolute atomic E-state index is 0.359. The quantitative estimate of drug-likeness (QED) is 0.423. The number of hydrogen-bond donors (Lipinski definition) is 1. The molecule has 0 fully saturated rings. The molecule has 0 aromatic heterocycles. The van der Waals surface area contributed by atoms with Crippen LogP contribution in [0.2, 0.25) is 0 Å². The smallest absolute Gasteiger partial charge is 0.150 e. The van der Waals surface area contributed by atoms with Gasteiger partial charge in [0.15, 0.2) is 0 Å². The average molecular weight is 168 g/mol. The fourth-order valence-corrected chi connectivity index (χ4v) is 0.989. The van der Waals surface area contributed by atoms with Crippen molar-refractivity contribution in [2.45, 2.75) is 6.61 Å². The van der Waals surface area contributed by atoms with Crippen LogP contribution in [-0.2, 0) is 10.8 Å². The Balaban J connectivity index is 2.92. The number of aldehydes is 1. The third-order valence-electron chi connectivity index (χ3n) is 1.40. The van der Waals surface area contributed by atoms with Crippen molar-refractivity contribution in [1.82, 2.24) is 0 Å². The highest BCUT2D eigenvalue weighted by atomic mass is 32.1. The Bertz CT molecular complexity index is 248. The molecule has 58 valence electrons. The average Bonchev–Trinajstić information content (AvgIpc) is 2.06. The van der Waals surface area contributed by atoms with Gasteiger partial charge in [0, 0.05) is 5.56 Å². The maximum atomic E-state index is 10.4. The Hall–Kier alpha value is -0.800. The van der Waals surface area contributed by atoms with Gasteiger partial charge in [0.1, 0.15) is 6.29 Å². The molecule has 0 saturated heterocycles. The summed E-state index contributed by atoms with van der Waals surface area (Å²) in [5, 5.41) is 0. The van der Waals surface area contributed by atoms with E-state index in [1.807, 2.05) is 18.2 Å². The van der Waals surface area contributed by atoms with Crippen LogP contribution in [0.3, 0.4) is 0 Å². The molecule has 0 radical (unpaired) electrons. The van der Waals surface area contributed by atoms with E-state index in [0.717, 1.165) is 11.8 Å². The van der Waals surface area contributed by atoms with Crippen LogP contribution in [0.25, 0.3) is 0 Å². The molecule has 0 aliphatic rings. The summed E-state index contributed by atoms with van der Waals surface area (Å²) >= 11 is 3.60. The molecule has 0 heterocycles. The summed E-state index contributed by atoms with van der Waals surface area (Å²) in [5.74, 6) is 0. The molecule has 0 unspecified atom stereocenters. The van der Waals surface area contributed by atoms with E-state index >= 15 is 0 Å². The molecule has 0 atom stereocenters. The van der Waals surface area contributed by atoms with Gasteiger partial charge in [-0.3, -0.25) is 4.79 Å². The van der Waals surface area contributed by atoms with Gasteiger partial charge in [-0.15, -0.1) is 0 Å². The van der Waals surface area contributed by atoms with Crippen molar-refractivity contribution in [3.05, 3.63) is 35.4 Å². The lowest BCUT2D eigenvalue weighted by Gasteiger charge is -1.99. The second kappa shape index (κ2) is 4.16. The number of rotatable bonds is 3. The Labute approximate surface area is 70.8 Å². The maximum absolute atomic E-state index is 10.4. The fourth-order valence-electron chi connectivity index (χ4n) is 0.850. The first kappa shape index (κ1) is 8.30. The summed E-state index contributed by atoms with van der Waals surface area (Å²) in [6.07, 6.45) is 0.808. The van der Waals surface area contributed by atoms with Crippen molar-refractivity contribution >= 4 is 19.2 Å². The summed E-state index contributed by atoms with van der Waals surface area (Å²) in [7, 11) is 0. The van der Waals surface area contributed by atoms with Crippen LogP contribution in [0.4, 0.5) is 0 Å². The zero-order valence-corrected chi connectivity index (χ0v) is 6.75. The molecule has 0 aliphatic carbocycles. The predicted octanol–water partition coefficient (Wildman–Crippen LogP) is 1.86. The van der Waals surface area contributed by atoms with E-state index in [9.17, 15) is 4.79 Å². The summed E-state index contributed by atoms with van der Waals surface area (Å²) < 4.78 is 4.61. The van der Waals surface area contributed by atoms with Gasteiger partial charge in [0.2, 0.25) is 0 Å². The molecule has 0 bridgehead atoms. The van der Waals surface area contributed by atoms with E-state index in [-0.39, 0.29) is 0 Å². The van der Waals surface area contributed by atoms with E-state index in [4.69, 9.17) is 0 Å². The van der Waals surface area contributed by atoms with Gasteiger partial charge in [0.05, 0.1) is 6.61 Å². The van der Waals surface area contributed by atoms with Crippen molar-refractivity contribution in [3.8, 4) is 0 Å². The van der Waals surface area contributed by atoms with Gasteiger partial charge in [-0.25, -0.2) is 0 Å².